The van der Waals surface area contributed by atoms with E-state index in [2.05, 4.69) is 11.4 Å². The summed E-state index contributed by atoms with van der Waals surface area (Å²) >= 11 is 0. The van der Waals surface area contributed by atoms with E-state index >= 15 is 0 Å². The number of benzene rings is 1. The van der Waals surface area contributed by atoms with Gasteiger partial charge in [0.25, 0.3) is 0 Å². The van der Waals surface area contributed by atoms with Crippen molar-refractivity contribution in [1.29, 1.82) is 5.26 Å². The van der Waals surface area contributed by atoms with Crippen LogP contribution >= 0.6 is 0 Å². The van der Waals surface area contributed by atoms with Gasteiger partial charge in [-0.05, 0) is 18.4 Å². The molecule has 1 aromatic carbocycles. The largest absolute Gasteiger partial charge is 0.326 e. The summed E-state index contributed by atoms with van der Waals surface area (Å²) in [6, 6.07) is 11.9. The van der Waals surface area contributed by atoms with E-state index in [1.54, 1.807) is 4.90 Å². The average molecular weight is 355 g/mol. The number of hydrogen-bond acceptors (Lipinski definition) is 4. The van der Waals surface area contributed by atoms with Crippen molar-refractivity contribution >= 4 is 11.9 Å². The van der Waals surface area contributed by atoms with Gasteiger partial charge in [-0.2, -0.15) is 5.26 Å². The summed E-state index contributed by atoms with van der Waals surface area (Å²) in [6.07, 6.45) is 1.66. The molecule has 26 heavy (non-hydrogen) atoms. The minimum atomic E-state index is -0.281. The van der Waals surface area contributed by atoms with Crippen LogP contribution in [-0.4, -0.2) is 71.9 Å². The normalized spacial score (nSPS) is 19.9. The molecule has 0 spiro atoms. The van der Waals surface area contributed by atoms with Crippen molar-refractivity contribution in [1.82, 2.24) is 20.0 Å². The molecule has 3 rings (SSSR count). The van der Waals surface area contributed by atoms with Gasteiger partial charge >= 0.3 is 6.03 Å². The molecule has 0 aliphatic carbocycles. The number of hydrogen-bond donors (Lipinski definition) is 1. The quantitative estimate of drug-likeness (QED) is 0.741. The molecule has 2 aliphatic rings. The van der Waals surface area contributed by atoms with Crippen LogP contribution in [0.2, 0.25) is 0 Å². The molecule has 0 bridgehead atoms. The Hall–Kier alpha value is -2.59. The lowest BCUT2D eigenvalue weighted by Gasteiger charge is -2.21. The molecule has 3 amide bonds. The van der Waals surface area contributed by atoms with E-state index in [1.165, 1.54) is 0 Å². The number of rotatable bonds is 7. The Balaban J connectivity index is 1.37. The van der Waals surface area contributed by atoms with Gasteiger partial charge in [-0.25, -0.2) is 4.79 Å². The van der Waals surface area contributed by atoms with Crippen LogP contribution in [0.1, 0.15) is 18.4 Å². The van der Waals surface area contributed by atoms with Crippen molar-refractivity contribution in [3.63, 3.8) is 0 Å². The van der Waals surface area contributed by atoms with E-state index in [0.717, 1.165) is 24.9 Å². The van der Waals surface area contributed by atoms with Crippen LogP contribution in [0, 0.1) is 11.3 Å². The summed E-state index contributed by atoms with van der Waals surface area (Å²) in [7, 11) is 0. The first-order valence-electron chi connectivity index (χ1n) is 9.16. The smallest absolute Gasteiger partial charge is 0.320 e. The van der Waals surface area contributed by atoms with Crippen molar-refractivity contribution in [2.24, 2.45) is 0 Å². The highest BCUT2D eigenvalue weighted by molar-refractivity contribution is 5.79. The van der Waals surface area contributed by atoms with Gasteiger partial charge in [0.15, 0.2) is 0 Å². The second kappa shape index (κ2) is 8.68. The van der Waals surface area contributed by atoms with Crippen molar-refractivity contribution in [2.45, 2.75) is 25.4 Å². The molecular formula is C19H25N5O2. The third-order valence-electron chi connectivity index (χ3n) is 4.95. The van der Waals surface area contributed by atoms with Crippen molar-refractivity contribution in [3.8, 4) is 6.07 Å². The fourth-order valence-electron chi connectivity index (χ4n) is 3.50. The molecule has 1 aromatic rings. The van der Waals surface area contributed by atoms with Gasteiger partial charge in [-0.15, -0.1) is 0 Å². The Bertz CT molecular complexity index is 672. The average Bonchev–Trinajstić information content (AvgIpc) is 3.27. The molecule has 1 N–H and O–H groups in total. The maximum absolute atomic E-state index is 12.4. The Kier molecular flexibility index (Phi) is 6.08. The maximum atomic E-state index is 12.4. The van der Waals surface area contributed by atoms with Crippen LogP contribution in [0.5, 0.6) is 0 Å². The van der Waals surface area contributed by atoms with Crippen molar-refractivity contribution in [2.75, 3.05) is 39.3 Å². The van der Waals surface area contributed by atoms with Crippen LogP contribution < -0.4 is 5.32 Å². The zero-order chi connectivity index (χ0) is 18.4. The number of urea groups is 1. The Morgan fingerprint density at radius 3 is 2.73 bits per heavy atom. The minimum Gasteiger partial charge on any atom is -0.326 e. The lowest BCUT2D eigenvalue weighted by Crippen LogP contribution is -2.42. The number of carbonyl (C=O) groups excluding carboxylic acids is 2. The SMILES string of the molecule is N#C[C@@H]1CCCN1C(=O)CNCCN1CCN(Cc2ccccc2)C1=O. The Morgan fingerprint density at radius 1 is 1.19 bits per heavy atom. The highest BCUT2D eigenvalue weighted by Crippen LogP contribution is 2.16. The standard InChI is InChI=1S/C19H25N5O2/c20-13-17-7-4-9-24(17)18(25)14-21-8-10-22-11-12-23(19(22)26)15-16-5-2-1-3-6-16/h1-3,5-6,17,21H,4,7-12,14-15H2/t17-/m0/s1. The predicted octanol–water partition coefficient (Wildman–Crippen LogP) is 1.03. The van der Waals surface area contributed by atoms with Crippen LogP contribution in [0.25, 0.3) is 0 Å². The highest BCUT2D eigenvalue weighted by atomic mass is 16.2. The molecule has 0 unspecified atom stereocenters. The summed E-state index contributed by atoms with van der Waals surface area (Å²) in [6.45, 7) is 4.10. The van der Waals surface area contributed by atoms with Crippen molar-refractivity contribution in [3.05, 3.63) is 35.9 Å². The van der Waals surface area contributed by atoms with Gasteiger partial charge in [0.05, 0.1) is 12.6 Å². The monoisotopic (exact) mass is 355 g/mol. The zero-order valence-corrected chi connectivity index (χ0v) is 14.9. The number of nitrogens with zero attached hydrogens (tertiary/aromatic N) is 4. The molecule has 2 fully saturated rings. The third-order valence-corrected chi connectivity index (χ3v) is 4.95. The zero-order valence-electron chi connectivity index (χ0n) is 14.9. The molecule has 2 aliphatic heterocycles. The summed E-state index contributed by atoms with van der Waals surface area (Å²) < 4.78 is 0. The highest BCUT2D eigenvalue weighted by Gasteiger charge is 2.29. The van der Waals surface area contributed by atoms with Gasteiger partial charge in [-0.3, -0.25) is 4.79 Å². The molecule has 1 atom stereocenters. The van der Waals surface area contributed by atoms with E-state index < -0.39 is 0 Å². The van der Waals surface area contributed by atoms with E-state index in [1.807, 2.05) is 40.1 Å². The Labute approximate surface area is 154 Å². The fraction of sp³-hybridized carbons (Fsp3) is 0.526. The van der Waals surface area contributed by atoms with Crippen LogP contribution in [0.3, 0.4) is 0 Å². The van der Waals surface area contributed by atoms with Crippen LogP contribution in [0.15, 0.2) is 30.3 Å². The van der Waals surface area contributed by atoms with Crippen LogP contribution in [-0.2, 0) is 11.3 Å². The molecule has 0 radical (unpaired) electrons. The third kappa shape index (κ3) is 4.33. The first-order valence-corrected chi connectivity index (χ1v) is 9.16. The number of amides is 3. The molecule has 7 heteroatoms. The Morgan fingerprint density at radius 2 is 1.96 bits per heavy atom. The molecule has 0 saturated carbocycles. The molecule has 0 aromatic heterocycles. The summed E-state index contributed by atoms with van der Waals surface area (Å²) in [5, 5.41) is 12.2. The number of likely N-dealkylation sites (tertiary alicyclic amines) is 1. The topological polar surface area (TPSA) is 79.7 Å². The number of carbonyl (C=O) groups is 2. The first-order chi connectivity index (χ1) is 12.7. The van der Waals surface area contributed by atoms with E-state index in [4.69, 9.17) is 5.26 Å². The predicted molar refractivity (Wildman–Crippen MR) is 97.0 cm³/mol. The molecular weight excluding hydrogens is 330 g/mol. The number of nitrogens with one attached hydrogen (secondary N) is 1. The summed E-state index contributed by atoms with van der Waals surface area (Å²) in [4.78, 5) is 29.9. The maximum Gasteiger partial charge on any atom is 0.320 e. The molecule has 7 nitrogen and oxygen atoms in total. The first kappa shape index (κ1) is 18.2. The van der Waals surface area contributed by atoms with Gasteiger partial charge in [0, 0.05) is 39.3 Å². The van der Waals surface area contributed by atoms with E-state index in [0.29, 0.717) is 32.7 Å². The second-order valence-electron chi connectivity index (χ2n) is 6.73. The van der Waals surface area contributed by atoms with E-state index in [-0.39, 0.29) is 24.5 Å². The van der Waals surface area contributed by atoms with Gasteiger partial charge in [0.2, 0.25) is 5.91 Å². The van der Waals surface area contributed by atoms with Gasteiger partial charge < -0.3 is 20.0 Å². The summed E-state index contributed by atoms with van der Waals surface area (Å²) in [5.74, 6) is -0.0347. The molecule has 2 saturated heterocycles. The lowest BCUT2D eigenvalue weighted by atomic mass is 10.2. The van der Waals surface area contributed by atoms with Crippen LogP contribution in [0.4, 0.5) is 4.79 Å². The fourth-order valence-corrected chi connectivity index (χ4v) is 3.50. The van der Waals surface area contributed by atoms with E-state index in [9.17, 15) is 9.59 Å². The molecule has 138 valence electrons. The minimum absolute atomic E-state index is 0.0347. The molecule has 2 heterocycles. The second-order valence-corrected chi connectivity index (χ2v) is 6.73. The van der Waals surface area contributed by atoms with Crippen molar-refractivity contribution < 1.29 is 9.59 Å². The lowest BCUT2D eigenvalue weighted by molar-refractivity contribution is -0.130. The van der Waals surface area contributed by atoms with Gasteiger partial charge in [0.1, 0.15) is 6.04 Å². The van der Waals surface area contributed by atoms with Gasteiger partial charge in [-0.1, -0.05) is 30.3 Å². The number of nitriles is 1. The summed E-state index contributed by atoms with van der Waals surface area (Å²) in [5.41, 5.74) is 1.13.